The van der Waals surface area contributed by atoms with Crippen molar-refractivity contribution in [1.82, 2.24) is 20.5 Å². The second kappa shape index (κ2) is 17.6. The fourth-order valence-corrected chi connectivity index (χ4v) is 7.40. The highest BCUT2D eigenvalue weighted by Gasteiger charge is 2.37. The van der Waals surface area contributed by atoms with Gasteiger partial charge in [-0.25, -0.2) is 9.59 Å². The van der Waals surface area contributed by atoms with E-state index in [-0.39, 0.29) is 37.2 Å². The van der Waals surface area contributed by atoms with Crippen molar-refractivity contribution in [3.63, 3.8) is 0 Å². The molecule has 0 saturated carbocycles. The Morgan fingerprint density at radius 2 is 1.65 bits per heavy atom. The molecule has 3 fully saturated rings. The van der Waals surface area contributed by atoms with Crippen LogP contribution in [0.3, 0.4) is 0 Å². The maximum atomic E-state index is 13.2. The highest BCUT2D eigenvalue weighted by molar-refractivity contribution is 5.87. The molecule has 0 spiro atoms. The molecular weight excluding hydrogens is 700 g/mol. The quantitative estimate of drug-likeness (QED) is 0.0718. The molecular formula is C43H46N4O8. The summed E-state index contributed by atoms with van der Waals surface area (Å²) in [4.78, 5) is 42.4. The second-order valence-electron chi connectivity index (χ2n) is 14.2. The molecule has 3 aliphatic heterocycles. The van der Waals surface area contributed by atoms with Crippen LogP contribution in [0.1, 0.15) is 52.8 Å². The van der Waals surface area contributed by atoms with Crippen LogP contribution in [0.4, 0.5) is 4.79 Å². The number of aromatic nitrogens is 1. The second-order valence-corrected chi connectivity index (χ2v) is 14.2. The maximum Gasteiger partial charge on any atom is 0.408 e. The number of esters is 1. The van der Waals surface area contributed by atoms with E-state index in [0.29, 0.717) is 41.1 Å². The zero-order valence-corrected chi connectivity index (χ0v) is 30.5. The van der Waals surface area contributed by atoms with Gasteiger partial charge in [0, 0.05) is 24.5 Å². The summed E-state index contributed by atoms with van der Waals surface area (Å²) in [6.07, 6.45) is 1.42. The van der Waals surface area contributed by atoms with E-state index >= 15 is 0 Å². The zero-order valence-electron chi connectivity index (χ0n) is 30.5. The van der Waals surface area contributed by atoms with Gasteiger partial charge in [0.25, 0.3) is 0 Å². The number of piperidine rings is 3. The van der Waals surface area contributed by atoms with Crippen LogP contribution < -0.4 is 20.9 Å². The maximum absolute atomic E-state index is 13.2. The summed E-state index contributed by atoms with van der Waals surface area (Å²) in [5, 5.41) is 27.8. The molecule has 12 nitrogen and oxygen atoms in total. The molecule has 3 aliphatic rings. The van der Waals surface area contributed by atoms with Crippen LogP contribution in [0.15, 0.2) is 108 Å². The SMILES string of the molecule is O=C(COc1cccc(C(NC(=O)O[C@H]2CN3CCC2CC3)c2ccccc2)c1)OCc1ccc(CCNC[C@@H](O)c2ccc(O)c3[nH]c(=O)ccc23)cc1. The number of carbonyl (C=O) groups is 2. The van der Waals surface area contributed by atoms with Gasteiger partial charge in [0.2, 0.25) is 5.56 Å². The van der Waals surface area contributed by atoms with Crippen molar-refractivity contribution in [1.29, 1.82) is 0 Å². The minimum Gasteiger partial charge on any atom is -0.506 e. The number of nitrogens with zero attached hydrogens (tertiary/aromatic N) is 1. The lowest BCUT2D eigenvalue weighted by Crippen LogP contribution is -2.52. The number of phenolic OH excluding ortho intramolecular Hbond substituents is 1. The standard InChI is InChI=1S/C43H46N4O8/c48-36-15-13-34(35-14-16-39(50)45-42(35)36)37(49)24-44-20-17-28-9-11-29(12-10-28)26-54-40(51)27-53-33-8-4-7-32(23-33)41(31-5-2-1-3-6-31)46-43(52)55-38-25-47-21-18-30(38)19-22-47/h1-16,23,30,37-38,41,44,48-49H,17-22,24-27H2,(H,45,50)(H,46,52)/t37-,38+,41?/m1/s1. The molecule has 286 valence electrons. The summed E-state index contributed by atoms with van der Waals surface area (Å²) in [6, 6.07) is 30.3. The summed E-state index contributed by atoms with van der Waals surface area (Å²) in [7, 11) is 0. The molecule has 3 atom stereocenters. The van der Waals surface area contributed by atoms with E-state index < -0.39 is 24.2 Å². The van der Waals surface area contributed by atoms with Crippen LogP contribution in [0.5, 0.6) is 11.5 Å². The number of alkyl carbamates (subject to hydrolysis) is 1. The normalized spacial score (nSPS) is 18.7. The Morgan fingerprint density at radius 1 is 0.891 bits per heavy atom. The van der Waals surface area contributed by atoms with Crippen LogP contribution in [-0.4, -0.2) is 77.6 Å². The zero-order chi connectivity index (χ0) is 38.1. The number of aliphatic hydroxyl groups is 1. The molecule has 5 aromatic rings. The van der Waals surface area contributed by atoms with Gasteiger partial charge in [0.05, 0.1) is 17.7 Å². The number of pyridine rings is 1. The first kappa shape index (κ1) is 37.6. The van der Waals surface area contributed by atoms with E-state index in [1.807, 2.05) is 72.8 Å². The third-order valence-corrected chi connectivity index (χ3v) is 10.4. The van der Waals surface area contributed by atoms with Crippen molar-refractivity contribution in [2.75, 3.05) is 39.3 Å². The van der Waals surface area contributed by atoms with E-state index in [1.165, 1.54) is 12.1 Å². The summed E-state index contributed by atoms with van der Waals surface area (Å²) in [5.74, 6) is 0.316. The van der Waals surface area contributed by atoms with Gasteiger partial charge in [-0.05, 0) is 96.9 Å². The van der Waals surface area contributed by atoms with Crippen molar-refractivity contribution >= 4 is 23.0 Å². The first-order valence-corrected chi connectivity index (χ1v) is 18.7. The van der Waals surface area contributed by atoms with E-state index in [4.69, 9.17) is 14.2 Å². The summed E-state index contributed by atoms with van der Waals surface area (Å²) >= 11 is 0. The van der Waals surface area contributed by atoms with Crippen LogP contribution in [-0.2, 0) is 27.3 Å². The van der Waals surface area contributed by atoms with Crippen molar-refractivity contribution < 1.29 is 34.0 Å². The molecule has 8 rings (SSSR count). The lowest BCUT2D eigenvalue weighted by molar-refractivity contribution is -0.147. The Labute approximate surface area is 319 Å². The number of benzene rings is 4. The van der Waals surface area contributed by atoms with E-state index in [1.54, 1.807) is 18.2 Å². The van der Waals surface area contributed by atoms with Gasteiger partial charge in [-0.15, -0.1) is 0 Å². The largest absolute Gasteiger partial charge is 0.506 e. The number of aliphatic hydroxyl groups excluding tert-OH is 1. The molecule has 4 heterocycles. The van der Waals surface area contributed by atoms with E-state index in [9.17, 15) is 24.6 Å². The number of amides is 1. The van der Waals surface area contributed by atoms with Crippen LogP contribution in [0, 0.1) is 5.92 Å². The molecule has 1 unspecified atom stereocenters. The van der Waals surface area contributed by atoms with Crippen molar-refractivity contribution in [3.05, 3.63) is 141 Å². The number of rotatable bonds is 15. The molecule has 0 aliphatic carbocycles. The number of aromatic hydroxyl groups is 1. The minimum absolute atomic E-state index is 0.0495. The average Bonchev–Trinajstić information content (AvgIpc) is 3.21. The van der Waals surface area contributed by atoms with Gasteiger partial charge >= 0.3 is 12.1 Å². The molecule has 55 heavy (non-hydrogen) atoms. The summed E-state index contributed by atoms with van der Waals surface area (Å²) in [5.41, 5.74) is 4.17. The highest BCUT2D eigenvalue weighted by Crippen LogP contribution is 2.31. The van der Waals surface area contributed by atoms with Gasteiger partial charge in [-0.1, -0.05) is 72.8 Å². The Hall–Kier alpha value is -5.69. The number of phenols is 1. The van der Waals surface area contributed by atoms with Gasteiger partial charge in [0.15, 0.2) is 6.61 Å². The minimum atomic E-state index is -0.836. The number of aromatic amines is 1. The van der Waals surface area contributed by atoms with Gasteiger partial charge < -0.3 is 40.0 Å². The predicted octanol–water partition coefficient (Wildman–Crippen LogP) is 5.13. The Balaban J connectivity index is 0.856. The number of ether oxygens (including phenoxy) is 3. The van der Waals surface area contributed by atoms with Gasteiger partial charge in [0.1, 0.15) is 24.2 Å². The van der Waals surface area contributed by atoms with Crippen molar-refractivity contribution in [2.45, 2.75) is 44.1 Å². The highest BCUT2D eigenvalue weighted by atomic mass is 16.6. The van der Waals surface area contributed by atoms with E-state index in [2.05, 4.69) is 20.5 Å². The molecule has 5 N–H and O–H groups in total. The smallest absolute Gasteiger partial charge is 0.408 e. The number of nitrogens with one attached hydrogen (secondary N) is 3. The van der Waals surface area contributed by atoms with Crippen molar-refractivity contribution in [3.8, 4) is 11.5 Å². The number of hydrogen-bond donors (Lipinski definition) is 5. The summed E-state index contributed by atoms with van der Waals surface area (Å²) < 4.78 is 17.2. The van der Waals surface area contributed by atoms with Crippen LogP contribution >= 0.6 is 0 Å². The summed E-state index contributed by atoms with van der Waals surface area (Å²) in [6.45, 7) is 3.63. The third-order valence-electron chi connectivity index (χ3n) is 10.4. The predicted molar refractivity (Wildman–Crippen MR) is 207 cm³/mol. The third kappa shape index (κ3) is 9.71. The first-order chi connectivity index (χ1) is 26.8. The van der Waals surface area contributed by atoms with Crippen LogP contribution in [0.2, 0.25) is 0 Å². The number of H-pyrrole nitrogens is 1. The molecule has 2 bridgehead atoms. The Bertz CT molecular complexity index is 2130. The topological polar surface area (TPSA) is 162 Å². The fourth-order valence-electron chi connectivity index (χ4n) is 7.40. The molecule has 1 aromatic heterocycles. The number of hydrogen-bond acceptors (Lipinski definition) is 10. The van der Waals surface area contributed by atoms with Gasteiger partial charge in [-0.3, -0.25) is 9.69 Å². The Morgan fingerprint density at radius 3 is 2.42 bits per heavy atom. The Kier molecular flexibility index (Phi) is 12.1. The monoisotopic (exact) mass is 746 g/mol. The number of carbonyl (C=O) groups excluding carboxylic acids is 2. The molecule has 12 heteroatoms. The fraction of sp³-hybridized carbons (Fsp3) is 0.326. The number of fused-ring (bicyclic) bond motifs is 4. The molecule has 1 amide bonds. The molecule has 0 radical (unpaired) electrons. The lowest BCUT2D eigenvalue weighted by Gasteiger charge is -2.43. The van der Waals surface area contributed by atoms with Crippen LogP contribution in [0.25, 0.3) is 10.9 Å². The molecule has 4 aromatic carbocycles. The van der Waals surface area contributed by atoms with Gasteiger partial charge in [-0.2, -0.15) is 0 Å². The van der Waals surface area contributed by atoms with E-state index in [0.717, 1.165) is 54.7 Å². The lowest BCUT2D eigenvalue weighted by atomic mass is 9.86. The first-order valence-electron chi connectivity index (χ1n) is 18.7. The van der Waals surface area contributed by atoms with Crippen molar-refractivity contribution in [2.24, 2.45) is 5.92 Å². The molecule has 3 saturated heterocycles. The average molecular weight is 747 g/mol.